The van der Waals surface area contributed by atoms with Crippen molar-refractivity contribution in [3.63, 3.8) is 0 Å². The Hall–Kier alpha value is -2.11. The molecule has 1 atom stereocenters. The van der Waals surface area contributed by atoms with Gasteiger partial charge < -0.3 is 14.9 Å². The third-order valence-corrected chi connectivity index (χ3v) is 4.88. The molecule has 0 aromatic carbocycles. The molecule has 1 aromatic rings. The van der Waals surface area contributed by atoms with E-state index >= 15 is 0 Å². The van der Waals surface area contributed by atoms with Crippen molar-refractivity contribution in [2.24, 2.45) is 11.3 Å². The lowest BCUT2D eigenvalue weighted by atomic mass is 9.90. The van der Waals surface area contributed by atoms with Crippen LogP contribution < -0.4 is 4.90 Å². The monoisotopic (exact) mass is 289 g/mol. The van der Waals surface area contributed by atoms with Crippen LogP contribution in [0.5, 0.6) is 0 Å². The van der Waals surface area contributed by atoms with E-state index in [0.29, 0.717) is 13.1 Å². The minimum Gasteiger partial charge on any atom is -0.465 e. The number of aromatic nitrogens is 1. The van der Waals surface area contributed by atoms with E-state index in [2.05, 4.69) is 4.98 Å². The van der Waals surface area contributed by atoms with Crippen LogP contribution >= 0.6 is 0 Å². The third-order valence-electron chi connectivity index (χ3n) is 4.88. The molecular weight excluding hydrogens is 270 g/mol. The van der Waals surface area contributed by atoms with Crippen molar-refractivity contribution in [2.75, 3.05) is 25.0 Å². The lowest BCUT2D eigenvalue weighted by Gasteiger charge is -2.31. The Morgan fingerprint density at radius 2 is 2.14 bits per heavy atom. The van der Waals surface area contributed by atoms with Crippen LogP contribution in [-0.4, -0.2) is 47.1 Å². The fourth-order valence-corrected chi connectivity index (χ4v) is 3.31. The van der Waals surface area contributed by atoms with Gasteiger partial charge in [0.25, 0.3) is 0 Å². The summed E-state index contributed by atoms with van der Waals surface area (Å²) in [6.07, 6.45) is 4.96. The number of hydrogen-bond donors (Lipinski definition) is 1. The van der Waals surface area contributed by atoms with Crippen molar-refractivity contribution in [2.45, 2.75) is 19.3 Å². The second-order valence-corrected chi connectivity index (χ2v) is 6.00. The fraction of sp³-hybridized carbons (Fsp3) is 0.533. The van der Waals surface area contributed by atoms with Crippen LogP contribution in [0.15, 0.2) is 24.5 Å². The van der Waals surface area contributed by atoms with Gasteiger partial charge in [-0.3, -0.25) is 9.78 Å². The average Bonchev–Trinajstić information content (AvgIpc) is 3.20. The van der Waals surface area contributed by atoms with Crippen LogP contribution in [0.1, 0.15) is 19.3 Å². The van der Waals surface area contributed by atoms with E-state index < -0.39 is 6.09 Å². The number of likely N-dealkylation sites (tertiary alicyclic amines) is 1. The maximum absolute atomic E-state index is 12.6. The first-order chi connectivity index (χ1) is 10.0. The number of rotatable bonds is 2. The predicted octanol–water partition coefficient (Wildman–Crippen LogP) is 1.82. The van der Waals surface area contributed by atoms with E-state index in [1.54, 1.807) is 24.3 Å². The molecule has 1 N–H and O–H groups in total. The normalized spacial score (nSPS) is 22.9. The zero-order valence-corrected chi connectivity index (χ0v) is 12.0. The minimum atomic E-state index is -0.860. The molecule has 6 heteroatoms. The molecule has 1 saturated heterocycles. The Morgan fingerprint density at radius 1 is 1.43 bits per heavy atom. The van der Waals surface area contributed by atoms with E-state index in [4.69, 9.17) is 5.11 Å². The number of nitrogens with zero attached hydrogens (tertiary/aromatic N) is 3. The van der Waals surface area contributed by atoms with Gasteiger partial charge in [0, 0.05) is 32.3 Å². The van der Waals surface area contributed by atoms with Gasteiger partial charge in [-0.15, -0.1) is 0 Å². The van der Waals surface area contributed by atoms with Crippen LogP contribution in [0.3, 0.4) is 0 Å². The number of anilines is 1. The summed E-state index contributed by atoms with van der Waals surface area (Å²) in [5.41, 5.74) is 0.826. The van der Waals surface area contributed by atoms with E-state index in [0.717, 1.165) is 24.9 Å². The Bertz CT molecular complexity index is 553. The van der Waals surface area contributed by atoms with Gasteiger partial charge in [0.15, 0.2) is 0 Å². The number of piperidine rings is 1. The Kier molecular flexibility index (Phi) is 3.31. The van der Waals surface area contributed by atoms with E-state index in [1.807, 2.05) is 12.1 Å². The molecule has 1 spiro atoms. The Labute approximate surface area is 123 Å². The maximum atomic E-state index is 12.6. The maximum Gasteiger partial charge on any atom is 0.407 e. The van der Waals surface area contributed by atoms with E-state index in [9.17, 15) is 9.59 Å². The van der Waals surface area contributed by atoms with Crippen LogP contribution in [0.25, 0.3) is 0 Å². The second kappa shape index (κ2) is 5.02. The molecule has 2 heterocycles. The van der Waals surface area contributed by atoms with E-state index in [1.165, 1.54) is 4.90 Å². The van der Waals surface area contributed by atoms with Crippen LogP contribution in [0.2, 0.25) is 0 Å². The smallest absolute Gasteiger partial charge is 0.407 e. The van der Waals surface area contributed by atoms with Crippen molar-refractivity contribution in [3.8, 4) is 0 Å². The topological polar surface area (TPSA) is 73.7 Å². The zero-order valence-electron chi connectivity index (χ0n) is 12.0. The van der Waals surface area contributed by atoms with E-state index in [-0.39, 0.29) is 17.2 Å². The molecule has 1 saturated carbocycles. The summed E-state index contributed by atoms with van der Waals surface area (Å²) in [5.74, 6) is 0.144. The predicted molar refractivity (Wildman–Crippen MR) is 77.0 cm³/mol. The number of amides is 2. The number of hydrogen-bond acceptors (Lipinski definition) is 3. The minimum absolute atomic E-state index is 0.0265. The van der Waals surface area contributed by atoms with Crippen LogP contribution in [-0.2, 0) is 4.79 Å². The molecule has 112 valence electrons. The first-order valence-electron chi connectivity index (χ1n) is 7.19. The molecule has 6 nitrogen and oxygen atoms in total. The number of carbonyl (C=O) groups is 2. The average molecular weight is 289 g/mol. The summed E-state index contributed by atoms with van der Waals surface area (Å²) in [7, 11) is 1.78. The highest BCUT2D eigenvalue weighted by molar-refractivity contribution is 5.96. The number of carboxylic acid groups (broad SMARTS) is 1. The summed E-state index contributed by atoms with van der Waals surface area (Å²) in [5, 5.41) is 8.98. The highest BCUT2D eigenvalue weighted by Gasteiger charge is 2.59. The van der Waals surface area contributed by atoms with Crippen LogP contribution in [0.4, 0.5) is 10.5 Å². The summed E-state index contributed by atoms with van der Waals surface area (Å²) in [4.78, 5) is 30.6. The summed E-state index contributed by atoms with van der Waals surface area (Å²) < 4.78 is 0. The van der Waals surface area contributed by atoms with Gasteiger partial charge in [-0.1, -0.05) is 0 Å². The number of carbonyl (C=O) groups excluding carboxylic acids is 1. The van der Waals surface area contributed by atoms with Crippen LogP contribution in [0, 0.1) is 11.3 Å². The van der Waals surface area contributed by atoms with Crippen molar-refractivity contribution in [3.05, 3.63) is 24.5 Å². The molecule has 1 aliphatic heterocycles. The quantitative estimate of drug-likeness (QED) is 0.901. The Morgan fingerprint density at radius 3 is 2.71 bits per heavy atom. The lowest BCUT2D eigenvalue weighted by Crippen LogP contribution is -2.40. The van der Waals surface area contributed by atoms with Gasteiger partial charge in [0.2, 0.25) is 5.91 Å². The second-order valence-electron chi connectivity index (χ2n) is 6.00. The molecule has 2 fully saturated rings. The van der Waals surface area contributed by atoms with Crippen molar-refractivity contribution in [1.29, 1.82) is 0 Å². The van der Waals surface area contributed by atoms with Gasteiger partial charge in [-0.05, 0) is 36.8 Å². The molecule has 1 aliphatic carbocycles. The van der Waals surface area contributed by atoms with Crippen molar-refractivity contribution < 1.29 is 14.7 Å². The van der Waals surface area contributed by atoms with Gasteiger partial charge >= 0.3 is 6.09 Å². The van der Waals surface area contributed by atoms with Gasteiger partial charge in [-0.25, -0.2) is 4.79 Å². The number of pyridine rings is 1. The summed E-state index contributed by atoms with van der Waals surface area (Å²) >= 11 is 0. The lowest BCUT2D eigenvalue weighted by molar-refractivity contribution is -0.120. The molecule has 0 bridgehead atoms. The zero-order chi connectivity index (χ0) is 15.0. The summed E-state index contributed by atoms with van der Waals surface area (Å²) in [6, 6.07) is 3.68. The molecule has 2 amide bonds. The molecule has 21 heavy (non-hydrogen) atoms. The van der Waals surface area contributed by atoms with Gasteiger partial charge in [-0.2, -0.15) is 0 Å². The first kappa shape index (κ1) is 13.9. The summed E-state index contributed by atoms with van der Waals surface area (Å²) in [6.45, 7) is 1.07. The molecule has 1 unspecified atom stereocenters. The SMILES string of the molecule is CN(C(=O)C1CC12CCN(C(=O)O)CC2)c1cccnc1. The molecule has 3 rings (SSSR count). The fourth-order valence-electron chi connectivity index (χ4n) is 3.31. The van der Waals surface area contributed by atoms with Gasteiger partial charge in [0.05, 0.1) is 11.9 Å². The standard InChI is InChI=1S/C15H19N3O3/c1-17(11-3-2-6-16-10-11)13(19)12-9-15(12)4-7-18(8-5-15)14(20)21/h2-3,6,10,12H,4-5,7-9H2,1H3,(H,20,21). The molecular formula is C15H19N3O3. The molecule has 1 aromatic heterocycles. The third kappa shape index (κ3) is 2.46. The highest BCUT2D eigenvalue weighted by Crippen LogP contribution is 2.60. The molecule has 0 radical (unpaired) electrons. The first-order valence-corrected chi connectivity index (χ1v) is 7.19. The van der Waals surface area contributed by atoms with Crippen molar-refractivity contribution >= 4 is 17.7 Å². The molecule has 2 aliphatic rings. The van der Waals surface area contributed by atoms with Gasteiger partial charge in [0.1, 0.15) is 0 Å². The highest BCUT2D eigenvalue weighted by atomic mass is 16.4. The van der Waals surface area contributed by atoms with Crippen molar-refractivity contribution in [1.82, 2.24) is 9.88 Å². The largest absolute Gasteiger partial charge is 0.465 e. The Balaban J connectivity index is 1.63.